The summed E-state index contributed by atoms with van der Waals surface area (Å²) in [5.74, 6) is -0.0792. The zero-order valence-electron chi connectivity index (χ0n) is 10.7. The third kappa shape index (κ3) is 3.28. The van der Waals surface area contributed by atoms with Gasteiger partial charge in [0.1, 0.15) is 6.10 Å². The van der Waals surface area contributed by atoms with Crippen molar-refractivity contribution in [2.75, 3.05) is 18.5 Å². The molecule has 0 spiro atoms. The molecule has 2 unspecified atom stereocenters. The number of hydrogen-bond acceptors (Lipinski definition) is 5. The summed E-state index contributed by atoms with van der Waals surface area (Å²) < 4.78 is 5.33. The van der Waals surface area contributed by atoms with Gasteiger partial charge in [-0.1, -0.05) is 6.92 Å². The van der Waals surface area contributed by atoms with E-state index >= 15 is 0 Å². The monoisotopic (exact) mass is 269 g/mol. The highest BCUT2D eigenvalue weighted by molar-refractivity contribution is 7.13. The molecule has 2 rings (SSSR count). The fourth-order valence-electron chi connectivity index (χ4n) is 1.92. The third-order valence-corrected chi connectivity index (χ3v) is 3.70. The van der Waals surface area contributed by atoms with Gasteiger partial charge in [0.05, 0.1) is 5.69 Å². The second-order valence-electron chi connectivity index (χ2n) is 4.35. The minimum Gasteiger partial charge on any atom is -0.368 e. The van der Waals surface area contributed by atoms with E-state index < -0.39 is 0 Å². The van der Waals surface area contributed by atoms with Crippen LogP contribution in [0.15, 0.2) is 5.38 Å². The van der Waals surface area contributed by atoms with Gasteiger partial charge in [0.15, 0.2) is 5.13 Å². The molecule has 0 bridgehead atoms. The number of anilines is 1. The van der Waals surface area contributed by atoms with E-state index in [4.69, 9.17) is 4.74 Å². The molecule has 2 atom stereocenters. The van der Waals surface area contributed by atoms with Crippen molar-refractivity contribution >= 4 is 22.4 Å². The number of thiazole rings is 1. The molecular formula is C12H19N3O2S. The zero-order valence-corrected chi connectivity index (χ0v) is 11.5. The average molecular weight is 269 g/mol. The molecular weight excluding hydrogens is 250 g/mol. The Kier molecular flexibility index (Phi) is 4.68. The topological polar surface area (TPSA) is 63.2 Å². The lowest BCUT2D eigenvalue weighted by Crippen LogP contribution is -2.26. The van der Waals surface area contributed by atoms with E-state index in [-0.39, 0.29) is 18.1 Å². The van der Waals surface area contributed by atoms with E-state index in [1.165, 1.54) is 11.3 Å². The first-order valence-corrected chi connectivity index (χ1v) is 7.20. The Balaban J connectivity index is 1.91. The standard InChI is InChI=1S/C12H19N3O2S/c1-3-13-8(2)9-7-18-12(14-9)15-11(16)10-5-4-6-17-10/h7-8,10,13H,3-6H2,1-2H3,(H,14,15,16). The van der Waals surface area contributed by atoms with Crippen LogP contribution < -0.4 is 10.6 Å². The fraction of sp³-hybridized carbons (Fsp3) is 0.667. The highest BCUT2D eigenvalue weighted by atomic mass is 32.1. The first-order valence-electron chi connectivity index (χ1n) is 6.32. The fourth-order valence-corrected chi connectivity index (χ4v) is 2.73. The molecule has 1 saturated heterocycles. The van der Waals surface area contributed by atoms with Gasteiger partial charge in [-0.3, -0.25) is 10.1 Å². The van der Waals surface area contributed by atoms with Gasteiger partial charge in [-0.25, -0.2) is 4.98 Å². The Hall–Kier alpha value is -0.980. The average Bonchev–Trinajstić information content (AvgIpc) is 2.99. The lowest BCUT2D eigenvalue weighted by atomic mass is 10.2. The van der Waals surface area contributed by atoms with Gasteiger partial charge in [0.2, 0.25) is 0 Å². The van der Waals surface area contributed by atoms with Crippen molar-refractivity contribution in [3.63, 3.8) is 0 Å². The summed E-state index contributed by atoms with van der Waals surface area (Å²) in [6, 6.07) is 0.208. The maximum atomic E-state index is 11.8. The van der Waals surface area contributed by atoms with Gasteiger partial charge in [0.25, 0.3) is 5.91 Å². The predicted octanol–water partition coefficient (Wildman–Crippen LogP) is 1.93. The summed E-state index contributed by atoms with van der Waals surface area (Å²) in [7, 11) is 0. The summed E-state index contributed by atoms with van der Waals surface area (Å²) in [5, 5.41) is 8.73. The van der Waals surface area contributed by atoms with Crippen LogP contribution in [-0.4, -0.2) is 30.1 Å². The normalized spacial score (nSPS) is 20.9. The number of nitrogens with one attached hydrogen (secondary N) is 2. The van der Waals surface area contributed by atoms with Gasteiger partial charge in [-0.15, -0.1) is 11.3 Å². The summed E-state index contributed by atoms with van der Waals surface area (Å²) in [5.41, 5.74) is 0.962. The number of amides is 1. The Morgan fingerprint density at radius 1 is 1.72 bits per heavy atom. The second-order valence-corrected chi connectivity index (χ2v) is 5.21. The maximum Gasteiger partial charge on any atom is 0.255 e. The molecule has 1 amide bonds. The molecule has 2 heterocycles. The number of rotatable bonds is 5. The lowest BCUT2D eigenvalue weighted by molar-refractivity contribution is -0.124. The van der Waals surface area contributed by atoms with Crippen molar-refractivity contribution in [2.45, 2.75) is 38.8 Å². The van der Waals surface area contributed by atoms with E-state index in [9.17, 15) is 4.79 Å². The van der Waals surface area contributed by atoms with Crippen molar-refractivity contribution in [3.05, 3.63) is 11.1 Å². The van der Waals surface area contributed by atoms with E-state index in [0.29, 0.717) is 11.7 Å². The largest absolute Gasteiger partial charge is 0.368 e. The number of hydrogen-bond donors (Lipinski definition) is 2. The van der Waals surface area contributed by atoms with Crippen LogP contribution in [0.25, 0.3) is 0 Å². The van der Waals surface area contributed by atoms with Crippen LogP contribution in [0.1, 0.15) is 38.4 Å². The van der Waals surface area contributed by atoms with Crippen molar-refractivity contribution in [3.8, 4) is 0 Å². The maximum absolute atomic E-state index is 11.8. The molecule has 1 aliphatic heterocycles. The number of ether oxygens (including phenoxy) is 1. The molecule has 18 heavy (non-hydrogen) atoms. The molecule has 100 valence electrons. The van der Waals surface area contributed by atoms with Crippen molar-refractivity contribution in [1.29, 1.82) is 0 Å². The van der Waals surface area contributed by atoms with E-state index in [0.717, 1.165) is 25.1 Å². The first kappa shape index (κ1) is 13.5. The molecule has 0 aromatic carbocycles. The number of carbonyl (C=O) groups is 1. The Labute approximate surface area is 111 Å². The molecule has 0 radical (unpaired) electrons. The molecule has 0 saturated carbocycles. The van der Waals surface area contributed by atoms with Gasteiger partial charge in [-0.05, 0) is 26.3 Å². The summed E-state index contributed by atoms with van der Waals surface area (Å²) >= 11 is 1.45. The lowest BCUT2D eigenvalue weighted by Gasteiger charge is -2.09. The molecule has 1 aliphatic rings. The minimum absolute atomic E-state index is 0.0792. The second kappa shape index (κ2) is 6.26. The molecule has 2 N–H and O–H groups in total. The van der Waals surface area contributed by atoms with E-state index in [2.05, 4.69) is 29.5 Å². The minimum atomic E-state index is -0.302. The van der Waals surface area contributed by atoms with E-state index in [1.54, 1.807) is 0 Å². The highest BCUT2D eigenvalue weighted by Crippen LogP contribution is 2.21. The SMILES string of the molecule is CCNC(C)c1csc(NC(=O)C2CCCO2)n1. The number of carbonyl (C=O) groups excluding carboxylic acids is 1. The van der Waals surface area contributed by atoms with Gasteiger partial charge in [-0.2, -0.15) is 0 Å². The Morgan fingerprint density at radius 3 is 3.22 bits per heavy atom. The van der Waals surface area contributed by atoms with E-state index in [1.807, 2.05) is 5.38 Å². The third-order valence-electron chi connectivity index (χ3n) is 2.93. The molecule has 1 aromatic rings. The molecule has 0 aliphatic carbocycles. The van der Waals surface area contributed by atoms with Gasteiger partial charge >= 0.3 is 0 Å². The van der Waals surface area contributed by atoms with Crippen LogP contribution >= 0.6 is 11.3 Å². The van der Waals surface area contributed by atoms with Crippen LogP contribution in [0.5, 0.6) is 0 Å². The van der Waals surface area contributed by atoms with Gasteiger partial charge in [0, 0.05) is 18.0 Å². The van der Waals surface area contributed by atoms with Crippen LogP contribution in [0.3, 0.4) is 0 Å². The Morgan fingerprint density at radius 2 is 2.56 bits per heavy atom. The smallest absolute Gasteiger partial charge is 0.255 e. The van der Waals surface area contributed by atoms with Crippen molar-refractivity contribution < 1.29 is 9.53 Å². The van der Waals surface area contributed by atoms with Crippen molar-refractivity contribution in [2.24, 2.45) is 0 Å². The van der Waals surface area contributed by atoms with Crippen molar-refractivity contribution in [1.82, 2.24) is 10.3 Å². The first-order chi connectivity index (χ1) is 8.70. The molecule has 1 aromatic heterocycles. The zero-order chi connectivity index (χ0) is 13.0. The van der Waals surface area contributed by atoms with Crippen LogP contribution in [0, 0.1) is 0 Å². The summed E-state index contributed by atoms with van der Waals surface area (Å²) in [4.78, 5) is 16.2. The highest BCUT2D eigenvalue weighted by Gasteiger charge is 2.24. The molecule has 6 heteroatoms. The quantitative estimate of drug-likeness (QED) is 0.857. The van der Waals surface area contributed by atoms with Crippen LogP contribution in [-0.2, 0) is 9.53 Å². The molecule has 5 nitrogen and oxygen atoms in total. The number of nitrogens with zero attached hydrogens (tertiary/aromatic N) is 1. The van der Waals surface area contributed by atoms with Gasteiger partial charge < -0.3 is 10.1 Å². The summed E-state index contributed by atoms with van der Waals surface area (Å²) in [6.07, 6.45) is 1.46. The van der Waals surface area contributed by atoms with Crippen LogP contribution in [0.4, 0.5) is 5.13 Å². The molecule has 1 fully saturated rings. The predicted molar refractivity (Wildman–Crippen MR) is 71.8 cm³/mol. The Bertz CT molecular complexity index is 402. The summed E-state index contributed by atoms with van der Waals surface area (Å²) in [6.45, 7) is 5.70. The van der Waals surface area contributed by atoms with Crippen LogP contribution in [0.2, 0.25) is 0 Å². The number of aromatic nitrogens is 1.